The molecule has 1 aliphatic rings. The predicted molar refractivity (Wildman–Crippen MR) is 117 cm³/mol. The van der Waals surface area contributed by atoms with Crippen molar-refractivity contribution in [2.75, 3.05) is 23.3 Å². The summed E-state index contributed by atoms with van der Waals surface area (Å²) in [5.41, 5.74) is 2.14. The summed E-state index contributed by atoms with van der Waals surface area (Å²) in [6.45, 7) is 0.371. The molecule has 1 heterocycles. The van der Waals surface area contributed by atoms with E-state index in [0.29, 0.717) is 36.5 Å². The second kappa shape index (κ2) is 8.39. The lowest BCUT2D eigenvalue weighted by Gasteiger charge is -2.31. The Morgan fingerprint density at radius 2 is 1.84 bits per heavy atom. The van der Waals surface area contributed by atoms with Gasteiger partial charge in [0.1, 0.15) is 11.6 Å². The summed E-state index contributed by atoms with van der Waals surface area (Å²) in [4.78, 5) is 12.6. The molecule has 0 saturated carbocycles. The standard InChI is InChI=1S/C23H21FN2O4S/c1-30-20-8-10-21(11-9-20)31(28,29)26-13-3-5-16-15-19(7-12-22(16)26)25-23(27)17-4-2-6-18(24)14-17/h2,4,6-12,14-15H,3,5,13H2,1H3,(H,25,27). The Morgan fingerprint density at radius 1 is 1.06 bits per heavy atom. The zero-order valence-corrected chi connectivity index (χ0v) is 17.7. The molecule has 1 amide bonds. The van der Waals surface area contributed by atoms with Gasteiger partial charge in [-0.25, -0.2) is 12.8 Å². The molecule has 0 aromatic heterocycles. The van der Waals surface area contributed by atoms with Crippen LogP contribution in [0.3, 0.4) is 0 Å². The Bertz CT molecular complexity index is 1230. The van der Waals surface area contributed by atoms with Crippen molar-refractivity contribution in [3.8, 4) is 5.75 Å². The molecule has 0 unspecified atom stereocenters. The number of halogens is 1. The second-order valence-corrected chi connectivity index (χ2v) is 9.03. The van der Waals surface area contributed by atoms with Crippen molar-refractivity contribution in [1.29, 1.82) is 0 Å². The van der Waals surface area contributed by atoms with E-state index in [4.69, 9.17) is 4.74 Å². The Morgan fingerprint density at radius 3 is 2.55 bits per heavy atom. The third kappa shape index (κ3) is 4.25. The molecule has 4 rings (SSSR count). The molecule has 0 aliphatic carbocycles. The van der Waals surface area contributed by atoms with Crippen LogP contribution in [0.4, 0.5) is 15.8 Å². The van der Waals surface area contributed by atoms with Crippen LogP contribution in [0.15, 0.2) is 71.6 Å². The van der Waals surface area contributed by atoms with Gasteiger partial charge >= 0.3 is 0 Å². The molecule has 3 aromatic carbocycles. The van der Waals surface area contributed by atoms with Gasteiger partial charge in [0.2, 0.25) is 0 Å². The number of carbonyl (C=O) groups excluding carboxylic acids is 1. The number of nitrogens with one attached hydrogen (secondary N) is 1. The van der Waals surface area contributed by atoms with Gasteiger partial charge in [0.15, 0.2) is 0 Å². The van der Waals surface area contributed by atoms with Crippen molar-refractivity contribution in [2.45, 2.75) is 17.7 Å². The summed E-state index contributed by atoms with van der Waals surface area (Å²) in [6, 6.07) is 16.8. The van der Waals surface area contributed by atoms with Crippen LogP contribution in [-0.4, -0.2) is 28.0 Å². The molecule has 0 saturated heterocycles. The normalized spacial score (nSPS) is 13.4. The number of ether oxygens (including phenoxy) is 1. The Kier molecular flexibility index (Phi) is 5.65. The maximum absolute atomic E-state index is 13.4. The van der Waals surface area contributed by atoms with Gasteiger partial charge in [0, 0.05) is 17.8 Å². The lowest BCUT2D eigenvalue weighted by atomic mass is 10.0. The summed E-state index contributed by atoms with van der Waals surface area (Å²) in [5.74, 6) is -0.341. The van der Waals surface area contributed by atoms with E-state index in [9.17, 15) is 17.6 Å². The monoisotopic (exact) mass is 440 g/mol. The van der Waals surface area contributed by atoms with Gasteiger partial charge < -0.3 is 10.1 Å². The van der Waals surface area contributed by atoms with E-state index < -0.39 is 21.7 Å². The highest BCUT2D eigenvalue weighted by molar-refractivity contribution is 7.92. The van der Waals surface area contributed by atoms with E-state index in [2.05, 4.69) is 5.32 Å². The number of fused-ring (bicyclic) bond motifs is 1. The number of methoxy groups -OCH3 is 1. The van der Waals surface area contributed by atoms with E-state index >= 15 is 0 Å². The zero-order valence-electron chi connectivity index (χ0n) is 16.8. The van der Waals surface area contributed by atoms with Crippen molar-refractivity contribution < 1.29 is 22.3 Å². The van der Waals surface area contributed by atoms with Crippen molar-refractivity contribution in [1.82, 2.24) is 0 Å². The van der Waals surface area contributed by atoms with Crippen molar-refractivity contribution in [3.05, 3.63) is 83.7 Å². The predicted octanol–water partition coefficient (Wildman–Crippen LogP) is 4.23. The first-order valence-corrected chi connectivity index (χ1v) is 11.2. The fraction of sp³-hybridized carbons (Fsp3) is 0.174. The summed E-state index contributed by atoms with van der Waals surface area (Å²) in [6.07, 6.45) is 1.34. The minimum absolute atomic E-state index is 0.185. The second-order valence-electron chi connectivity index (χ2n) is 7.16. The van der Waals surface area contributed by atoms with E-state index in [1.807, 2.05) is 0 Å². The van der Waals surface area contributed by atoms with Gasteiger partial charge in [-0.15, -0.1) is 0 Å². The Labute approximate surface area is 180 Å². The maximum Gasteiger partial charge on any atom is 0.264 e. The molecule has 160 valence electrons. The smallest absolute Gasteiger partial charge is 0.264 e. The summed E-state index contributed by atoms with van der Waals surface area (Å²) in [7, 11) is -2.21. The number of amides is 1. The van der Waals surface area contributed by atoms with Crippen LogP contribution in [0.2, 0.25) is 0 Å². The van der Waals surface area contributed by atoms with Gasteiger partial charge in [-0.2, -0.15) is 0 Å². The first-order chi connectivity index (χ1) is 14.9. The summed E-state index contributed by atoms with van der Waals surface area (Å²) in [5, 5.41) is 2.75. The van der Waals surface area contributed by atoms with Gasteiger partial charge in [-0.3, -0.25) is 9.10 Å². The van der Waals surface area contributed by atoms with Crippen molar-refractivity contribution >= 4 is 27.3 Å². The zero-order chi connectivity index (χ0) is 22.0. The van der Waals surface area contributed by atoms with Crippen LogP contribution in [0, 0.1) is 5.82 Å². The van der Waals surface area contributed by atoms with E-state index in [0.717, 1.165) is 11.6 Å². The minimum atomic E-state index is -3.74. The molecule has 0 radical (unpaired) electrons. The Balaban J connectivity index is 1.60. The number of hydrogen-bond acceptors (Lipinski definition) is 4. The quantitative estimate of drug-likeness (QED) is 0.644. The highest BCUT2D eigenvalue weighted by Crippen LogP contribution is 2.34. The van der Waals surface area contributed by atoms with E-state index in [1.54, 1.807) is 30.3 Å². The molecule has 6 nitrogen and oxygen atoms in total. The van der Waals surface area contributed by atoms with E-state index in [-0.39, 0.29) is 10.5 Å². The molecule has 1 N–H and O–H groups in total. The fourth-order valence-corrected chi connectivity index (χ4v) is 5.14. The van der Waals surface area contributed by atoms with Gasteiger partial charge in [0.05, 0.1) is 17.7 Å². The van der Waals surface area contributed by atoms with Crippen LogP contribution >= 0.6 is 0 Å². The molecule has 0 spiro atoms. The SMILES string of the molecule is COc1ccc(S(=O)(=O)N2CCCc3cc(NC(=O)c4cccc(F)c4)ccc32)cc1. The Hall–Kier alpha value is -3.39. The molecule has 0 fully saturated rings. The molecule has 3 aromatic rings. The van der Waals surface area contributed by atoms with Crippen LogP contribution in [0.5, 0.6) is 5.75 Å². The molecule has 0 atom stereocenters. The molecule has 1 aliphatic heterocycles. The molecule has 31 heavy (non-hydrogen) atoms. The summed E-state index contributed by atoms with van der Waals surface area (Å²) >= 11 is 0. The number of benzene rings is 3. The van der Waals surface area contributed by atoms with Crippen LogP contribution in [-0.2, 0) is 16.4 Å². The van der Waals surface area contributed by atoms with Crippen molar-refractivity contribution in [2.24, 2.45) is 0 Å². The molecular formula is C23H21FN2O4S. The molecule has 8 heteroatoms. The number of sulfonamides is 1. The van der Waals surface area contributed by atoms with Crippen LogP contribution in [0.25, 0.3) is 0 Å². The number of aryl methyl sites for hydroxylation is 1. The number of hydrogen-bond donors (Lipinski definition) is 1. The lowest BCUT2D eigenvalue weighted by Crippen LogP contribution is -2.35. The van der Waals surface area contributed by atoms with Crippen LogP contribution in [0.1, 0.15) is 22.3 Å². The largest absolute Gasteiger partial charge is 0.497 e. The maximum atomic E-state index is 13.4. The highest BCUT2D eigenvalue weighted by Gasteiger charge is 2.29. The number of nitrogens with zero attached hydrogens (tertiary/aromatic N) is 1. The highest BCUT2D eigenvalue weighted by atomic mass is 32.2. The van der Waals surface area contributed by atoms with Gasteiger partial charge in [0.25, 0.3) is 15.9 Å². The van der Waals surface area contributed by atoms with Gasteiger partial charge in [-0.1, -0.05) is 6.07 Å². The minimum Gasteiger partial charge on any atom is -0.497 e. The number of rotatable bonds is 5. The van der Waals surface area contributed by atoms with Crippen LogP contribution < -0.4 is 14.4 Å². The third-order valence-corrected chi connectivity index (χ3v) is 6.98. The molecule has 0 bridgehead atoms. The van der Waals surface area contributed by atoms with Gasteiger partial charge in [-0.05, 0) is 79.1 Å². The number of carbonyl (C=O) groups is 1. The van der Waals surface area contributed by atoms with E-state index in [1.165, 1.54) is 41.7 Å². The van der Waals surface area contributed by atoms with Crippen molar-refractivity contribution in [3.63, 3.8) is 0 Å². The lowest BCUT2D eigenvalue weighted by molar-refractivity contribution is 0.102. The average Bonchev–Trinajstić information content (AvgIpc) is 2.78. The first kappa shape index (κ1) is 20.9. The summed E-state index contributed by atoms with van der Waals surface area (Å²) < 4.78 is 46.3. The molecular weight excluding hydrogens is 419 g/mol. The first-order valence-electron chi connectivity index (χ1n) is 9.75. The number of anilines is 2. The average molecular weight is 440 g/mol. The fourth-order valence-electron chi connectivity index (χ4n) is 3.60. The topological polar surface area (TPSA) is 75.7 Å². The third-order valence-electron chi connectivity index (χ3n) is 5.15.